The number of anilines is 1. The average molecular weight is 499 g/mol. The van der Waals surface area contributed by atoms with Crippen LogP contribution in [0.25, 0.3) is 22.3 Å². The summed E-state index contributed by atoms with van der Waals surface area (Å²) in [5.74, 6) is 0.287. The minimum atomic E-state index is -3.35. The zero-order valence-corrected chi connectivity index (χ0v) is 20.2. The molecule has 2 N–H and O–H groups in total. The maximum absolute atomic E-state index is 11.7. The van der Waals surface area contributed by atoms with Crippen molar-refractivity contribution in [2.45, 2.75) is 38.5 Å². The molecule has 0 bridgehead atoms. The van der Waals surface area contributed by atoms with E-state index in [0.717, 1.165) is 11.8 Å². The number of aliphatic hydroxyl groups is 1. The Morgan fingerprint density at radius 2 is 1.97 bits per heavy atom. The molecule has 0 saturated carbocycles. The first-order valence-corrected chi connectivity index (χ1v) is 12.7. The molecule has 1 aromatic carbocycles. The topological polar surface area (TPSA) is 113 Å². The monoisotopic (exact) mass is 498 g/mol. The molecule has 1 saturated heterocycles. The number of halogens is 2. The van der Waals surface area contributed by atoms with Crippen molar-refractivity contribution in [3.63, 3.8) is 0 Å². The SMILES string of the molecule is CC(C)n1cnc2c(Cl)cc(-c3nc(N[C@@H]4CCN(S(C)(=O)=O)C[C@H]4O)ncc3Cl)cc21. The van der Waals surface area contributed by atoms with Crippen molar-refractivity contribution in [3.8, 4) is 11.3 Å². The number of hydrogen-bond acceptors (Lipinski definition) is 7. The van der Waals surface area contributed by atoms with Crippen LogP contribution in [0.1, 0.15) is 26.3 Å². The normalized spacial score (nSPS) is 20.2. The van der Waals surface area contributed by atoms with Crippen LogP contribution in [0.5, 0.6) is 0 Å². The number of piperidine rings is 1. The van der Waals surface area contributed by atoms with Crippen molar-refractivity contribution in [1.82, 2.24) is 23.8 Å². The number of aliphatic hydroxyl groups excluding tert-OH is 1. The lowest BCUT2D eigenvalue weighted by molar-refractivity contribution is 0.0950. The minimum absolute atomic E-state index is 0.0163. The van der Waals surface area contributed by atoms with E-state index < -0.39 is 22.2 Å². The van der Waals surface area contributed by atoms with E-state index in [2.05, 4.69) is 34.1 Å². The Balaban J connectivity index is 1.63. The molecular weight excluding hydrogens is 475 g/mol. The van der Waals surface area contributed by atoms with Gasteiger partial charge in [-0.15, -0.1) is 0 Å². The van der Waals surface area contributed by atoms with Gasteiger partial charge in [-0.2, -0.15) is 4.31 Å². The van der Waals surface area contributed by atoms with Gasteiger partial charge in [-0.3, -0.25) is 0 Å². The molecule has 1 aliphatic heterocycles. The molecule has 0 unspecified atom stereocenters. The van der Waals surface area contributed by atoms with E-state index in [1.807, 2.05) is 10.6 Å². The average Bonchev–Trinajstić information content (AvgIpc) is 3.15. The van der Waals surface area contributed by atoms with Gasteiger partial charge in [0.2, 0.25) is 16.0 Å². The van der Waals surface area contributed by atoms with Gasteiger partial charge in [0.15, 0.2) is 0 Å². The zero-order valence-electron chi connectivity index (χ0n) is 17.8. The van der Waals surface area contributed by atoms with Crippen molar-refractivity contribution in [3.05, 3.63) is 34.7 Å². The molecule has 1 fully saturated rings. The fourth-order valence-corrected chi connectivity index (χ4v) is 5.14. The molecule has 0 amide bonds. The highest BCUT2D eigenvalue weighted by Gasteiger charge is 2.32. The first-order chi connectivity index (χ1) is 15.0. The molecular formula is C20H24Cl2N6O3S. The van der Waals surface area contributed by atoms with Crippen molar-refractivity contribution >= 4 is 50.2 Å². The molecule has 0 spiro atoms. The largest absolute Gasteiger partial charge is 0.390 e. The summed E-state index contributed by atoms with van der Waals surface area (Å²) in [6, 6.07) is 3.50. The molecule has 3 heterocycles. The fourth-order valence-electron chi connectivity index (χ4n) is 3.82. The van der Waals surface area contributed by atoms with Gasteiger partial charge in [0, 0.05) is 24.7 Å². The molecule has 3 aromatic rings. The Labute approximate surface area is 196 Å². The Morgan fingerprint density at radius 1 is 1.22 bits per heavy atom. The Kier molecular flexibility index (Phi) is 6.34. The lowest BCUT2D eigenvalue weighted by Crippen LogP contribution is -2.51. The Morgan fingerprint density at radius 3 is 2.62 bits per heavy atom. The minimum Gasteiger partial charge on any atom is -0.390 e. The number of hydrogen-bond donors (Lipinski definition) is 2. The van der Waals surface area contributed by atoms with Crippen LogP contribution in [0.3, 0.4) is 0 Å². The zero-order chi connectivity index (χ0) is 23.2. The fraction of sp³-hybridized carbons (Fsp3) is 0.450. The van der Waals surface area contributed by atoms with Gasteiger partial charge >= 0.3 is 0 Å². The van der Waals surface area contributed by atoms with Crippen LogP contribution in [0.15, 0.2) is 24.7 Å². The molecule has 2 atom stereocenters. The first-order valence-electron chi connectivity index (χ1n) is 10.1. The van der Waals surface area contributed by atoms with Crippen LogP contribution in [-0.4, -0.2) is 68.8 Å². The van der Waals surface area contributed by atoms with E-state index in [9.17, 15) is 13.5 Å². The number of fused-ring (bicyclic) bond motifs is 1. The van der Waals surface area contributed by atoms with Crippen LogP contribution in [0, 0.1) is 0 Å². The van der Waals surface area contributed by atoms with Crippen LogP contribution >= 0.6 is 23.2 Å². The highest BCUT2D eigenvalue weighted by Crippen LogP contribution is 2.34. The predicted molar refractivity (Wildman–Crippen MR) is 126 cm³/mol. The summed E-state index contributed by atoms with van der Waals surface area (Å²) in [5.41, 5.74) is 2.78. The molecule has 2 aromatic heterocycles. The van der Waals surface area contributed by atoms with Crippen molar-refractivity contribution in [2.24, 2.45) is 0 Å². The Bertz CT molecular complexity index is 1260. The van der Waals surface area contributed by atoms with Crippen molar-refractivity contribution < 1.29 is 13.5 Å². The standard InChI is InChI=1S/C20H24Cl2N6O3S/c1-11(2)28-10-24-19-13(21)6-12(7-16(19)28)18-14(22)8-23-20(26-18)25-15-4-5-27(9-17(15)29)32(3,30)31/h6-8,10-11,15,17,29H,4-5,9H2,1-3H3,(H,23,25,26)/t15-,17-/m1/s1. The van der Waals surface area contributed by atoms with Crippen molar-refractivity contribution in [2.75, 3.05) is 24.7 Å². The van der Waals surface area contributed by atoms with Gasteiger partial charge in [0.05, 0.1) is 52.2 Å². The van der Waals surface area contributed by atoms with Gasteiger partial charge in [0.1, 0.15) is 5.52 Å². The second-order valence-electron chi connectivity index (χ2n) is 8.19. The third-order valence-corrected chi connectivity index (χ3v) is 7.37. The number of nitrogens with zero attached hydrogens (tertiary/aromatic N) is 5. The maximum atomic E-state index is 11.7. The highest BCUT2D eigenvalue weighted by atomic mass is 35.5. The van der Waals surface area contributed by atoms with E-state index in [0.29, 0.717) is 39.8 Å². The molecule has 0 radical (unpaired) electrons. The van der Waals surface area contributed by atoms with Gasteiger partial charge < -0.3 is 15.0 Å². The molecule has 9 nitrogen and oxygen atoms in total. The smallest absolute Gasteiger partial charge is 0.223 e. The summed E-state index contributed by atoms with van der Waals surface area (Å²) in [7, 11) is -3.35. The van der Waals surface area contributed by atoms with Gasteiger partial charge in [-0.05, 0) is 32.4 Å². The van der Waals surface area contributed by atoms with Gasteiger partial charge in [-0.1, -0.05) is 23.2 Å². The van der Waals surface area contributed by atoms with Crippen LogP contribution in [-0.2, 0) is 10.0 Å². The molecule has 172 valence electrons. The maximum Gasteiger partial charge on any atom is 0.223 e. The highest BCUT2D eigenvalue weighted by molar-refractivity contribution is 7.88. The number of nitrogens with one attached hydrogen (secondary N) is 1. The predicted octanol–water partition coefficient (Wildman–Crippen LogP) is 3.19. The molecule has 4 rings (SSSR count). The summed E-state index contributed by atoms with van der Waals surface area (Å²) in [4.78, 5) is 13.2. The lowest BCUT2D eigenvalue weighted by Gasteiger charge is -2.34. The van der Waals surface area contributed by atoms with Gasteiger partial charge in [0.25, 0.3) is 0 Å². The summed E-state index contributed by atoms with van der Waals surface area (Å²) >= 11 is 12.9. The van der Waals surface area contributed by atoms with E-state index in [1.54, 1.807) is 12.4 Å². The molecule has 0 aliphatic carbocycles. The van der Waals surface area contributed by atoms with E-state index in [1.165, 1.54) is 10.5 Å². The van der Waals surface area contributed by atoms with Crippen LogP contribution < -0.4 is 5.32 Å². The van der Waals surface area contributed by atoms with Crippen molar-refractivity contribution in [1.29, 1.82) is 0 Å². The second kappa shape index (κ2) is 8.75. The van der Waals surface area contributed by atoms with Gasteiger partial charge in [-0.25, -0.2) is 23.4 Å². The third-order valence-electron chi connectivity index (χ3n) is 5.53. The van der Waals surface area contributed by atoms with E-state index in [-0.39, 0.29) is 18.5 Å². The summed E-state index contributed by atoms with van der Waals surface area (Å²) < 4.78 is 26.8. The number of aromatic nitrogens is 4. The molecule has 1 aliphatic rings. The second-order valence-corrected chi connectivity index (χ2v) is 11.0. The molecule has 32 heavy (non-hydrogen) atoms. The summed E-state index contributed by atoms with van der Waals surface area (Å²) in [6.07, 6.45) is 3.90. The lowest BCUT2D eigenvalue weighted by atomic mass is 10.0. The first kappa shape index (κ1) is 23.2. The van der Waals surface area contributed by atoms with E-state index >= 15 is 0 Å². The number of rotatable bonds is 5. The quantitative estimate of drug-likeness (QED) is 0.554. The number of imidazole rings is 1. The number of benzene rings is 1. The van der Waals surface area contributed by atoms with Crippen LogP contribution in [0.4, 0.5) is 5.95 Å². The molecule has 12 heteroatoms. The number of β-amino-alcohol motifs (C(OH)–C–C–N with tert-alkyl or cyclic N) is 1. The third kappa shape index (κ3) is 4.55. The Hall–Kier alpha value is -1.98. The van der Waals surface area contributed by atoms with Crippen LogP contribution in [0.2, 0.25) is 10.0 Å². The summed E-state index contributed by atoms with van der Waals surface area (Å²) in [6.45, 7) is 4.44. The summed E-state index contributed by atoms with van der Waals surface area (Å²) in [5, 5.41) is 14.4. The van der Waals surface area contributed by atoms with E-state index in [4.69, 9.17) is 23.2 Å². The number of sulfonamides is 1.